The van der Waals surface area contributed by atoms with Crippen LogP contribution >= 0.6 is 11.6 Å². The molecule has 8 nitrogen and oxygen atoms in total. The van der Waals surface area contributed by atoms with Gasteiger partial charge in [-0.1, -0.05) is 23.7 Å². The van der Waals surface area contributed by atoms with Gasteiger partial charge in [-0.15, -0.1) is 0 Å². The zero-order chi connectivity index (χ0) is 21.1. The third kappa shape index (κ3) is 5.33. The third-order valence-corrected chi connectivity index (χ3v) is 4.44. The number of nitrogens with one attached hydrogen (secondary N) is 1. The number of rotatable bonds is 6. The first-order valence-electron chi connectivity index (χ1n) is 7.18. The van der Waals surface area contributed by atoms with Crippen LogP contribution in [0.3, 0.4) is 0 Å². The monoisotopic (exact) mass is 438 g/mol. The molecule has 150 valence electrons. The summed E-state index contributed by atoms with van der Waals surface area (Å²) in [6.45, 7) is 0. The third-order valence-electron chi connectivity index (χ3n) is 3.22. The molecule has 0 unspecified atom stereocenters. The zero-order valence-electron chi connectivity index (χ0n) is 13.6. The van der Waals surface area contributed by atoms with E-state index in [9.17, 15) is 36.5 Å². The van der Waals surface area contributed by atoms with Gasteiger partial charge in [0.15, 0.2) is 0 Å². The maximum atomic E-state index is 12.6. The molecule has 0 fully saturated rings. The van der Waals surface area contributed by atoms with Gasteiger partial charge in [0.05, 0.1) is 15.5 Å². The molecule has 0 aliphatic heterocycles. The Morgan fingerprint density at radius 1 is 1.21 bits per heavy atom. The molecule has 1 N–H and O–H groups in total. The molecule has 0 aromatic heterocycles. The van der Waals surface area contributed by atoms with Crippen molar-refractivity contribution in [1.82, 2.24) is 4.72 Å². The fourth-order valence-corrected chi connectivity index (χ4v) is 2.95. The number of nitrogens with zero attached hydrogens (tertiary/aromatic N) is 1. The maximum Gasteiger partial charge on any atom is 0.416 e. The number of hydrogen-bond donors (Lipinski definition) is 1. The highest BCUT2D eigenvalue weighted by molar-refractivity contribution is 7.89. The van der Waals surface area contributed by atoms with Crippen LogP contribution in [0.5, 0.6) is 5.75 Å². The van der Waals surface area contributed by atoms with Crippen LogP contribution in [0.2, 0.25) is 5.02 Å². The Hall–Kier alpha value is -2.86. The lowest BCUT2D eigenvalue weighted by Gasteiger charge is -2.12. The number of hydrogen-bond acceptors (Lipinski definition) is 6. The van der Waals surface area contributed by atoms with Crippen molar-refractivity contribution in [3.8, 4) is 5.75 Å². The fourth-order valence-electron chi connectivity index (χ4n) is 1.99. The molecular formula is C15H10ClF3N2O6S. The molecule has 1 amide bonds. The molecule has 0 spiro atoms. The van der Waals surface area contributed by atoms with E-state index in [2.05, 4.69) is 0 Å². The number of nitro benzene ring substituents is 1. The predicted molar refractivity (Wildman–Crippen MR) is 91.4 cm³/mol. The molecule has 0 aliphatic rings. The van der Waals surface area contributed by atoms with Gasteiger partial charge >= 0.3 is 6.18 Å². The van der Waals surface area contributed by atoms with Gasteiger partial charge in [0.25, 0.3) is 21.6 Å². The van der Waals surface area contributed by atoms with Crippen LogP contribution in [0.25, 0.3) is 0 Å². The van der Waals surface area contributed by atoms with E-state index in [0.717, 1.165) is 18.2 Å². The van der Waals surface area contributed by atoms with Crippen LogP contribution in [0.15, 0.2) is 42.5 Å². The first-order chi connectivity index (χ1) is 12.9. The number of carbonyl (C=O) groups is 1. The van der Waals surface area contributed by atoms with Crippen molar-refractivity contribution in [2.75, 3.05) is 5.94 Å². The minimum absolute atomic E-state index is 0.363. The van der Waals surface area contributed by atoms with Crippen molar-refractivity contribution in [2.45, 2.75) is 6.18 Å². The number of alkyl halides is 3. The van der Waals surface area contributed by atoms with Crippen LogP contribution in [0.4, 0.5) is 18.9 Å². The SMILES string of the molecule is O=C(NS(=O)(=O)COc1ccc(C(F)(F)F)cc1Cl)c1ccccc1[N+](=O)[O-]. The molecule has 0 radical (unpaired) electrons. The average Bonchev–Trinajstić information content (AvgIpc) is 2.59. The van der Waals surface area contributed by atoms with Gasteiger partial charge in [0, 0.05) is 6.07 Å². The second kappa shape index (κ2) is 8.02. The minimum Gasteiger partial charge on any atom is -0.474 e. The van der Waals surface area contributed by atoms with Gasteiger partial charge in [0.1, 0.15) is 11.3 Å². The van der Waals surface area contributed by atoms with E-state index >= 15 is 0 Å². The van der Waals surface area contributed by atoms with Gasteiger partial charge in [-0.05, 0) is 24.3 Å². The molecular weight excluding hydrogens is 429 g/mol. The molecule has 0 saturated heterocycles. The number of carbonyl (C=O) groups excluding carboxylic acids is 1. The molecule has 0 aliphatic carbocycles. The van der Waals surface area contributed by atoms with Crippen molar-refractivity contribution in [1.29, 1.82) is 0 Å². The summed E-state index contributed by atoms with van der Waals surface area (Å²) >= 11 is 5.64. The topological polar surface area (TPSA) is 116 Å². The summed E-state index contributed by atoms with van der Waals surface area (Å²) in [7, 11) is -4.45. The van der Waals surface area contributed by atoms with E-state index in [-0.39, 0.29) is 5.75 Å². The summed E-state index contributed by atoms with van der Waals surface area (Å²) in [5.74, 6) is -2.79. The first kappa shape index (κ1) is 21.4. The highest BCUT2D eigenvalue weighted by atomic mass is 35.5. The van der Waals surface area contributed by atoms with E-state index < -0.39 is 54.8 Å². The molecule has 13 heteroatoms. The molecule has 2 aromatic rings. The second-order valence-electron chi connectivity index (χ2n) is 5.23. The van der Waals surface area contributed by atoms with Crippen molar-refractivity contribution >= 4 is 33.2 Å². The Morgan fingerprint density at radius 2 is 1.86 bits per heavy atom. The Kier molecular flexibility index (Phi) is 6.14. The molecule has 2 rings (SSSR count). The number of para-hydroxylation sites is 1. The molecule has 0 heterocycles. The summed E-state index contributed by atoms with van der Waals surface area (Å²) in [6, 6.07) is 6.67. The van der Waals surface area contributed by atoms with E-state index in [0.29, 0.717) is 12.1 Å². The van der Waals surface area contributed by atoms with Gasteiger partial charge in [-0.3, -0.25) is 14.9 Å². The molecule has 2 aromatic carbocycles. The Labute approximate surface area is 161 Å². The number of sulfonamides is 1. The summed E-state index contributed by atoms with van der Waals surface area (Å²) < 4.78 is 68.1. The van der Waals surface area contributed by atoms with E-state index in [1.807, 2.05) is 0 Å². The van der Waals surface area contributed by atoms with Gasteiger partial charge in [0.2, 0.25) is 5.94 Å². The number of ether oxygens (including phenoxy) is 1. The first-order valence-corrected chi connectivity index (χ1v) is 9.21. The van der Waals surface area contributed by atoms with Gasteiger partial charge in [-0.25, -0.2) is 13.1 Å². The highest BCUT2D eigenvalue weighted by Gasteiger charge is 2.31. The minimum atomic E-state index is -4.65. The molecule has 0 bridgehead atoms. The highest BCUT2D eigenvalue weighted by Crippen LogP contribution is 2.34. The number of nitro groups is 1. The summed E-state index contributed by atoms with van der Waals surface area (Å²) in [5, 5.41) is 10.4. The second-order valence-corrected chi connectivity index (χ2v) is 7.30. The summed E-state index contributed by atoms with van der Waals surface area (Å²) in [4.78, 5) is 22.1. The number of amides is 1. The zero-order valence-corrected chi connectivity index (χ0v) is 15.1. The van der Waals surface area contributed by atoms with Crippen molar-refractivity contribution in [3.63, 3.8) is 0 Å². The largest absolute Gasteiger partial charge is 0.474 e. The van der Waals surface area contributed by atoms with Crippen LogP contribution in [0, 0.1) is 10.1 Å². The van der Waals surface area contributed by atoms with E-state index in [1.54, 1.807) is 4.72 Å². The Bertz CT molecular complexity index is 1030. The van der Waals surface area contributed by atoms with Gasteiger partial charge < -0.3 is 4.74 Å². The summed E-state index contributed by atoms with van der Waals surface area (Å²) in [6.07, 6.45) is -4.65. The summed E-state index contributed by atoms with van der Waals surface area (Å²) in [5.41, 5.74) is -2.16. The van der Waals surface area contributed by atoms with Crippen LogP contribution in [-0.2, 0) is 16.2 Å². The fraction of sp³-hybridized carbons (Fsp3) is 0.133. The van der Waals surface area contributed by atoms with Crippen molar-refractivity contribution < 1.29 is 36.0 Å². The Balaban J connectivity index is 2.11. The smallest absolute Gasteiger partial charge is 0.416 e. The van der Waals surface area contributed by atoms with Crippen LogP contribution < -0.4 is 9.46 Å². The van der Waals surface area contributed by atoms with Crippen molar-refractivity contribution in [2.24, 2.45) is 0 Å². The normalized spacial score (nSPS) is 11.7. The molecule has 0 saturated carbocycles. The standard InChI is InChI=1S/C15H10ClF3N2O6S/c16-11-7-9(15(17,18)19)5-6-13(11)27-8-28(25,26)20-14(22)10-3-1-2-4-12(10)21(23)24/h1-7H,8H2,(H,20,22). The molecule has 28 heavy (non-hydrogen) atoms. The Morgan fingerprint density at radius 3 is 2.43 bits per heavy atom. The van der Waals surface area contributed by atoms with E-state index in [1.165, 1.54) is 12.1 Å². The number of benzene rings is 2. The maximum absolute atomic E-state index is 12.6. The van der Waals surface area contributed by atoms with Gasteiger partial charge in [-0.2, -0.15) is 13.2 Å². The van der Waals surface area contributed by atoms with Crippen molar-refractivity contribution in [3.05, 3.63) is 68.7 Å². The van der Waals surface area contributed by atoms with Crippen LogP contribution in [0.1, 0.15) is 15.9 Å². The lowest BCUT2D eigenvalue weighted by molar-refractivity contribution is -0.385. The average molecular weight is 439 g/mol. The molecule has 0 atom stereocenters. The predicted octanol–water partition coefficient (Wildman–Crippen LogP) is 3.36. The lowest BCUT2D eigenvalue weighted by Crippen LogP contribution is -2.34. The quantitative estimate of drug-likeness (QED) is 0.546. The van der Waals surface area contributed by atoms with E-state index in [4.69, 9.17) is 16.3 Å². The van der Waals surface area contributed by atoms with Crippen LogP contribution in [-0.4, -0.2) is 25.2 Å². The lowest BCUT2D eigenvalue weighted by atomic mass is 10.2. The number of halogens is 4.